The van der Waals surface area contributed by atoms with Crippen LogP contribution in [0.15, 0.2) is 34.9 Å². The quantitative estimate of drug-likeness (QED) is 0.738. The molecule has 0 saturated carbocycles. The summed E-state index contributed by atoms with van der Waals surface area (Å²) in [6, 6.07) is 7.96. The molecule has 3 rings (SSSR count). The molecular weight excluding hydrogens is 368 g/mol. The molecule has 6 nitrogen and oxygen atoms in total. The molecular formula is C14H13BrN4O2S. The SMILES string of the molecule is COCc1nnc(NC(=O)Cn2ccc3ccc(Br)cc32)s1. The number of amides is 1. The minimum absolute atomic E-state index is 0.141. The molecule has 8 heteroatoms. The molecule has 0 fully saturated rings. The maximum absolute atomic E-state index is 12.1. The van der Waals surface area contributed by atoms with Crippen LogP contribution in [0.4, 0.5) is 5.13 Å². The lowest BCUT2D eigenvalue weighted by atomic mass is 10.2. The Morgan fingerprint density at radius 2 is 2.27 bits per heavy atom. The third kappa shape index (κ3) is 3.34. The van der Waals surface area contributed by atoms with Gasteiger partial charge in [-0.05, 0) is 23.6 Å². The number of hydrogen-bond acceptors (Lipinski definition) is 5. The van der Waals surface area contributed by atoms with Crippen molar-refractivity contribution in [2.75, 3.05) is 12.4 Å². The molecule has 2 aromatic heterocycles. The fourth-order valence-corrected chi connectivity index (χ4v) is 3.17. The van der Waals surface area contributed by atoms with Gasteiger partial charge < -0.3 is 9.30 Å². The Hall–Kier alpha value is -1.77. The molecule has 1 amide bonds. The van der Waals surface area contributed by atoms with Crippen molar-refractivity contribution in [3.05, 3.63) is 39.9 Å². The average molecular weight is 381 g/mol. The zero-order chi connectivity index (χ0) is 15.5. The maximum Gasteiger partial charge on any atom is 0.246 e. The molecule has 114 valence electrons. The number of anilines is 1. The molecule has 1 N–H and O–H groups in total. The summed E-state index contributed by atoms with van der Waals surface area (Å²) >= 11 is 4.75. The molecule has 1 aromatic carbocycles. The standard InChI is InChI=1S/C14H13BrN4O2S/c1-21-8-13-17-18-14(22-13)16-12(20)7-19-5-4-9-2-3-10(15)6-11(9)19/h2-6H,7-8H2,1H3,(H,16,18,20). The lowest BCUT2D eigenvalue weighted by molar-refractivity contribution is -0.116. The van der Waals surface area contributed by atoms with E-state index in [-0.39, 0.29) is 12.5 Å². The molecule has 0 unspecified atom stereocenters. The Morgan fingerprint density at radius 3 is 3.09 bits per heavy atom. The molecule has 3 aromatic rings. The molecule has 0 bridgehead atoms. The number of carbonyl (C=O) groups excluding carboxylic acids is 1. The predicted octanol–water partition coefficient (Wildman–Crippen LogP) is 3.04. The fourth-order valence-electron chi connectivity index (χ4n) is 2.09. The van der Waals surface area contributed by atoms with E-state index >= 15 is 0 Å². The van der Waals surface area contributed by atoms with E-state index in [1.165, 1.54) is 11.3 Å². The number of nitrogens with one attached hydrogen (secondary N) is 1. The van der Waals surface area contributed by atoms with Crippen molar-refractivity contribution in [3.63, 3.8) is 0 Å². The minimum Gasteiger partial charge on any atom is -0.377 e. The minimum atomic E-state index is -0.141. The molecule has 0 radical (unpaired) electrons. The number of hydrogen-bond donors (Lipinski definition) is 1. The highest BCUT2D eigenvalue weighted by Gasteiger charge is 2.10. The van der Waals surface area contributed by atoms with Crippen LogP contribution in [-0.2, 0) is 22.7 Å². The predicted molar refractivity (Wildman–Crippen MR) is 88.9 cm³/mol. The third-order valence-electron chi connectivity index (χ3n) is 3.03. The number of benzene rings is 1. The smallest absolute Gasteiger partial charge is 0.246 e. The van der Waals surface area contributed by atoms with E-state index in [1.807, 2.05) is 35.0 Å². The van der Waals surface area contributed by atoms with E-state index in [1.54, 1.807) is 7.11 Å². The molecule has 2 heterocycles. The van der Waals surface area contributed by atoms with Crippen molar-refractivity contribution in [1.82, 2.24) is 14.8 Å². The third-order valence-corrected chi connectivity index (χ3v) is 4.34. The Kier molecular flexibility index (Phi) is 4.51. The second-order valence-corrected chi connectivity index (χ2v) is 6.61. The van der Waals surface area contributed by atoms with Crippen molar-refractivity contribution in [2.45, 2.75) is 13.2 Å². The number of methoxy groups -OCH3 is 1. The van der Waals surface area contributed by atoms with Gasteiger partial charge >= 0.3 is 0 Å². The van der Waals surface area contributed by atoms with Gasteiger partial charge in [-0.3, -0.25) is 10.1 Å². The van der Waals surface area contributed by atoms with Crippen LogP contribution in [0.1, 0.15) is 5.01 Å². The first kappa shape index (κ1) is 15.1. The highest BCUT2D eigenvalue weighted by atomic mass is 79.9. The van der Waals surface area contributed by atoms with Gasteiger partial charge in [-0.15, -0.1) is 10.2 Å². The monoisotopic (exact) mass is 380 g/mol. The normalized spacial score (nSPS) is 11.0. The largest absolute Gasteiger partial charge is 0.377 e. The van der Waals surface area contributed by atoms with Crippen LogP contribution in [0.3, 0.4) is 0 Å². The van der Waals surface area contributed by atoms with Crippen LogP contribution in [-0.4, -0.2) is 27.8 Å². The number of ether oxygens (including phenoxy) is 1. The van der Waals surface area contributed by atoms with Crippen LogP contribution >= 0.6 is 27.3 Å². The van der Waals surface area contributed by atoms with Gasteiger partial charge in [-0.25, -0.2) is 0 Å². The van der Waals surface area contributed by atoms with E-state index < -0.39 is 0 Å². The van der Waals surface area contributed by atoms with Gasteiger partial charge in [0.2, 0.25) is 11.0 Å². The van der Waals surface area contributed by atoms with Crippen molar-refractivity contribution in [2.24, 2.45) is 0 Å². The first-order valence-corrected chi connectivity index (χ1v) is 8.12. The van der Waals surface area contributed by atoms with Crippen LogP contribution < -0.4 is 5.32 Å². The van der Waals surface area contributed by atoms with Gasteiger partial charge in [0.15, 0.2) is 0 Å². The van der Waals surface area contributed by atoms with Crippen LogP contribution in [0.2, 0.25) is 0 Å². The van der Waals surface area contributed by atoms with Crippen molar-refractivity contribution < 1.29 is 9.53 Å². The van der Waals surface area contributed by atoms with Crippen LogP contribution in [0.25, 0.3) is 10.9 Å². The van der Waals surface area contributed by atoms with Gasteiger partial charge in [-0.2, -0.15) is 0 Å². The molecule has 0 atom stereocenters. The number of halogens is 1. The summed E-state index contributed by atoms with van der Waals surface area (Å²) < 4.78 is 7.85. The van der Waals surface area contributed by atoms with E-state index in [9.17, 15) is 4.79 Å². The van der Waals surface area contributed by atoms with E-state index in [2.05, 4.69) is 31.4 Å². The highest BCUT2D eigenvalue weighted by molar-refractivity contribution is 9.10. The Labute approximate surface area is 139 Å². The molecule has 22 heavy (non-hydrogen) atoms. The number of fused-ring (bicyclic) bond motifs is 1. The highest BCUT2D eigenvalue weighted by Crippen LogP contribution is 2.21. The topological polar surface area (TPSA) is 69.0 Å². The summed E-state index contributed by atoms with van der Waals surface area (Å²) in [6.07, 6.45) is 1.90. The lowest BCUT2D eigenvalue weighted by Crippen LogP contribution is -2.18. The fraction of sp³-hybridized carbons (Fsp3) is 0.214. The van der Waals surface area contributed by atoms with Gasteiger partial charge in [0.1, 0.15) is 18.2 Å². The van der Waals surface area contributed by atoms with Crippen molar-refractivity contribution in [3.8, 4) is 0 Å². The van der Waals surface area contributed by atoms with Gasteiger partial charge in [0.25, 0.3) is 0 Å². The van der Waals surface area contributed by atoms with Gasteiger partial charge in [-0.1, -0.05) is 33.3 Å². The zero-order valence-corrected chi connectivity index (χ0v) is 14.1. The molecule has 0 aliphatic carbocycles. The summed E-state index contributed by atoms with van der Waals surface area (Å²) in [6.45, 7) is 0.614. The zero-order valence-electron chi connectivity index (χ0n) is 11.7. The van der Waals surface area contributed by atoms with Gasteiger partial charge in [0.05, 0.1) is 0 Å². The summed E-state index contributed by atoms with van der Waals surface area (Å²) in [4.78, 5) is 12.1. The lowest BCUT2D eigenvalue weighted by Gasteiger charge is -2.05. The second kappa shape index (κ2) is 6.55. The molecule has 0 aliphatic heterocycles. The van der Waals surface area contributed by atoms with E-state index in [0.717, 1.165) is 20.4 Å². The number of rotatable bonds is 5. The summed E-state index contributed by atoms with van der Waals surface area (Å²) in [5.74, 6) is -0.141. The van der Waals surface area contributed by atoms with Crippen LogP contribution in [0.5, 0.6) is 0 Å². The number of nitrogens with zero attached hydrogens (tertiary/aromatic N) is 3. The first-order chi connectivity index (χ1) is 10.7. The average Bonchev–Trinajstić information content (AvgIpc) is 3.07. The van der Waals surface area contributed by atoms with Gasteiger partial charge in [0, 0.05) is 23.3 Å². The number of carbonyl (C=O) groups is 1. The number of aromatic nitrogens is 3. The van der Waals surface area contributed by atoms with E-state index in [4.69, 9.17) is 4.74 Å². The summed E-state index contributed by atoms with van der Waals surface area (Å²) in [5.41, 5.74) is 1.00. The maximum atomic E-state index is 12.1. The van der Waals surface area contributed by atoms with Crippen molar-refractivity contribution >= 4 is 49.2 Å². The first-order valence-electron chi connectivity index (χ1n) is 6.51. The Balaban J connectivity index is 1.71. The molecule has 0 saturated heterocycles. The Bertz CT molecular complexity index is 814. The van der Waals surface area contributed by atoms with Crippen LogP contribution in [0, 0.1) is 0 Å². The van der Waals surface area contributed by atoms with E-state index in [0.29, 0.717) is 11.7 Å². The summed E-state index contributed by atoms with van der Waals surface area (Å²) in [7, 11) is 1.59. The molecule has 0 aliphatic rings. The second-order valence-electron chi connectivity index (χ2n) is 4.63. The van der Waals surface area contributed by atoms with Crippen molar-refractivity contribution in [1.29, 1.82) is 0 Å². The Morgan fingerprint density at radius 1 is 1.41 bits per heavy atom. The summed E-state index contributed by atoms with van der Waals surface area (Å²) in [5, 5.41) is 12.9. The molecule has 0 spiro atoms.